The standard InChI is InChI=1S/C24H29N3O5S/c1-5-24(14-13-21(28)26-23(24)30)18-9-11-19(12-10-18)25-22(29)17-7-6-8-20(15-17)33(31,32)27(4)16(2)3/h6-12,15-16H,5,13-14H2,1-4H3,(H,25,29)(H,26,28,30). The Morgan fingerprint density at radius 2 is 1.82 bits per heavy atom. The minimum absolute atomic E-state index is 0.0458. The lowest BCUT2D eigenvalue weighted by atomic mass is 9.72. The number of nitrogens with zero attached hydrogens (tertiary/aromatic N) is 1. The summed E-state index contributed by atoms with van der Waals surface area (Å²) in [5.74, 6) is -1.02. The molecular weight excluding hydrogens is 442 g/mol. The van der Waals surface area contributed by atoms with Crippen molar-refractivity contribution in [2.45, 2.75) is 56.4 Å². The van der Waals surface area contributed by atoms with Crippen molar-refractivity contribution in [3.63, 3.8) is 0 Å². The zero-order valence-electron chi connectivity index (χ0n) is 19.2. The maximum absolute atomic E-state index is 12.8. The quantitative estimate of drug-likeness (QED) is 0.603. The summed E-state index contributed by atoms with van der Waals surface area (Å²) in [5, 5.41) is 5.19. The zero-order chi connectivity index (χ0) is 24.4. The van der Waals surface area contributed by atoms with Crippen molar-refractivity contribution in [1.29, 1.82) is 0 Å². The summed E-state index contributed by atoms with van der Waals surface area (Å²) < 4.78 is 26.7. The van der Waals surface area contributed by atoms with Gasteiger partial charge in [-0.1, -0.05) is 25.1 Å². The van der Waals surface area contributed by atoms with E-state index in [9.17, 15) is 22.8 Å². The van der Waals surface area contributed by atoms with E-state index in [1.54, 1.807) is 44.2 Å². The molecule has 0 saturated carbocycles. The molecule has 1 aliphatic rings. The molecule has 1 atom stereocenters. The summed E-state index contributed by atoms with van der Waals surface area (Å²) in [4.78, 5) is 36.9. The number of anilines is 1. The van der Waals surface area contributed by atoms with Gasteiger partial charge < -0.3 is 5.32 Å². The van der Waals surface area contributed by atoms with E-state index < -0.39 is 21.3 Å². The largest absolute Gasteiger partial charge is 0.322 e. The van der Waals surface area contributed by atoms with E-state index in [0.29, 0.717) is 18.5 Å². The van der Waals surface area contributed by atoms with Crippen LogP contribution in [0.5, 0.6) is 0 Å². The van der Waals surface area contributed by atoms with Crippen LogP contribution in [0.3, 0.4) is 0 Å². The molecule has 3 amide bonds. The first kappa shape index (κ1) is 24.6. The van der Waals surface area contributed by atoms with E-state index in [-0.39, 0.29) is 34.7 Å². The third-order valence-electron chi connectivity index (χ3n) is 6.27. The fourth-order valence-electron chi connectivity index (χ4n) is 3.88. The fraction of sp³-hybridized carbons (Fsp3) is 0.375. The molecule has 1 saturated heterocycles. The number of benzene rings is 2. The second-order valence-electron chi connectivity index (χ2n) is 8.49. The zero-order valence-corrected chi connectivity index (χ0v) is 20.0. The van der Waals surface area contributed by atoms with Crippen molar-refractivity contribution in [1.82, 2.24) is 9.62 Å². The summed E-state index contributed by atoms with van der Waals surface area (Å²) in [6, 6.07) is 12.6. The van der Waals surface area contributed by atoms with Gasteiger partial charge >= 0.3 is 0 Å². The van der Waals surface area contributed by atoms with Crippen LogP contribution in [0.2, 0.25) is 0 Å². The number of carbonyl (C=O) groups is 3. The Morgan fingerprint density at radius 3 is 2.39 bits per heavy atom. The Bertz CT molecular complexity index is 1170. The highest BCUT2D eigenvalue weighted by molar-refractivity contribution is 7.89. The van der Waals surface area contributed by atoms with Gasteiger partial charge in [0.15, 0.2) is 0 Å². The van der Waals surface area contributed by atoms with Crippen LogP contribution in [-0.2, 0) is 25.0 Å². The van der Waals surface area contributed by atoms with Gasteiger partial charge in [-0.2, -0.15) is 4.31 Å². The lowest BCUT2D eigenvalue weighted by Crippen LogP contribution is -2.51. The van der Waals surface area contributed by atoms with Crippen molar-refractivity contribution in [3.05, 3.63) is 59.7 Å². The smallest absolute Gasteiger partial charge is 0.255 e. The topological polar surface area (TPSA) is 113 Å². The molecule has 3 rings (SSSR count). The van der Waals surface area contributed by atoms with Gasteiger partial charge in [0, 0.05) is 30.8 Å². The number of rotatable bonds is 7. The molecule has 0 bridgehead atoms. The van der Waals surface area contributed by atoms with Crippen LogP contribution < -0.4 is 10.6 Å². The normalized spacial score (nSPS) is 19.0. The van der Waals surface area contributed by atoms with Gasteiger partial charge in [-0.3, -0.25) is 19.7 Å². The second-order valence-corrected chi connectivity index (χ2v) is 10.5. The van der Waals surface area contributed by atoms with Crippen molar-refractivity contribution >= 4 is 33.4 Å². The van der Waals surface area contributed by atoms with Crippen LogP contribution in [0.1, 0.15) is 56.0 Å². The minimum atomic E-state index is -3.71. The Labute approximate surface area is 194 Å². The van der Waals surface area contributed by atoms with Gasteiger partial charge in [0.05, 0.1) is 10.3 Å². The van der Waals surface area contributed by atoms with E-state index in [1.807, 2.05) is 6.92 Å². The molecular formula is C24H29N3O5S. The van der Waals surface area contributed by atoms with Gasteiger partial charge in [-0.05, 0) is 62.6 Å². The Morgan fingerprint density at radius 1 is 1.15 bits per heavy atom. The highest BCUT2D eigenvalue weighted by Crippen LogP contribution is 2.36. The highest BCUT2D eigenvalue weighted by atomic mass is 32.2. The van der Waals surface area contributed by atoms with Gasteiger partial charge in [0.1, 0.15) is 0 Å². The summed E-state index contributed by atoms with van der Waals surface area (Å²) >= 11 is 0. The summed E-state index contributed by atoms with van der Waals surface area (Å²) in [6.45, 7) is 5.45. The lowest BCUT2D eigenvalue weighted by Gasteiger charge is -2.35. The molecule has 8 nitrogen and oxygen atoms in total. The Balaban J connectivity index is 1.79. The number of imide groups is 1. The number of amides is 3. The average Bonchev–Trinajstić information content (AvgIpc) is 2.79. The molecule has 2 aromatic rings. The summed E-state index contributed by atoms with van der Waals surface area (Å²) in [7, 11) is -2.21. The first-order chi connectivity index (χ1) is 15.5. The SMILES string of the molecule is CCC1(c2ccc(NC(=O)c3cccc(S(=O)(=O)N(C)C(C)C)c3)cc2)CCC(=O)NC1=O. The number of hydrogen-bond acceptors (Lipinski definition) is 5. The predicted molar refractivity (Wildman–Crippen MR) is 125 cm³/mol. The van der Waals surface area contributed by atoms with Crippen molar-refractivity contribution < 1.29 is 22.8 Å². The molecule has 0 radical (unpaired) electrons. The monoisotopic (exact) mass is 471 g/mol. The van der Waals surface area contributed by atoms with E-state index in [1.165, 1.54) is 29.6 Å². The first-order valence-corrected chi connectivity index (χ1v) is 12.3. The second kappa shape index (κ2) is 9.44. The number of sulfonamides is 1. The molecule has 1 heterocycles. The van der Waals surface area contributed by atoms with Crippen LogP contribution in [0.25, 0.3) is 0 Å². The molecule has 2 aromatic carbocycles. The van der Waals surface area contributed by atoms with Gasteiger partial charge in [0.2, 0.25) is 21.8 Å². The number of piperidine rings is 1. The van der Waals surface area contributed by atoms with Gasteiger partial charge in [-0.25, -0.2) is 8.42 Å². The first-order valence-electron chi connectivity index (χ1n) is 10.9. The molecule has 9 heteroatoms. The molecule has 1 fully saturated rings. The van der Waals surface area contributed by atoms with Crippen LogP contribution in [0, 0.1) is 0 Å². The van der Waals surface area contributed by atoms with Crippen molar-refractivity contribution in [2.24, 2.45) is 0 Å². The van der Waals surface area contributed by atoms with Crippen molar-refractivity contribution in [2.75, 3.05) is 12.4 Å². The van der Waals surface area contributed by atoms with Crippen LogP contribution in [0.15, 0.2) is 53.4 Å². The Hall–Kier alpha value is -3.04. The lowest BCUT2D eigenvalue weighted by molar-refractivity contribution is -0.138. The van der Waals surface area contributed by atoms with E-state index in [2.05, 4.69) is 10.6 Å². The fourth-order valence-corrected chi connectivity index (χ4v) is 5.30. The molecule has 176 valence electrons. The molecule has 0 aromatic heterocycles. The van der Waals surface area contributed by atoms with Crippen LogP contribution >= 0.6 is 0 Å². The summed E-state index contributed by atoms with van der Waals surface area (Å²) in [6.07, 6.45) is 1.26. The predicted octanol–water partition coefficient (Wildman–Crippen LogP) is 3.05. The minimum Gasteiger partial charge on any atom is -0.322 e. The molecule has 33 heavy (non-hydrogen) atoms. The van der Waals surface area contributed by atoms with Crippen molar-refractivity contribution in [3.8, 4) is 0 Å². The van der Waals surface area contributed by atoms with Crippen LogP contribution in [-0.4, -0.2) is 43.5 Å². The maximum atomic E-state index is 12.8. The van der Waals surface area contributed by atoms with E-state index in [4.69, 9.17) is 0 Å². The molecule has 2 N–H and O–H groups in total. The molecule has 0 spiro atoms. The Kier molecular flexibility index (Phi) is 7.04. The molecule has 1 aliphatic heterocycles. The average molecular weight is 472 g/mol. The molecule has 0 aliphatic carbocycles. The van der Waals surface area contributed by atoms with E-state index >= 15 is 0 Å². The van der Waals surface area contributed by atoms with Crippen LogP contribution in [0.4, 0.5) is 5.69 Å². The molecule has 1 unspecified atom stereocenters. The third kappa shape index (κ3) is 4.84. The number of nitrogens with one attached hydrogen (secondary N) is 2. The van der Waals surface area contributed by atoms with Gasteiger partial charge in [0.25, 0.3) is 5.91 Å². The van der Waals surface area contributed by atoms with Gasteiger partial charge in [-0.15, -0.1) is 0 Å². The van der Waals surface area contributed by atoms with E-state index in [0.717, 1.165) is 5.56 Å². The number of hydrogen-bond donors (Lipinski definition) is 2. The highest BCUT2D eigenvalue weighted by Gasteiger charge is 2.42. The third-order valence-corrected chi connectivity index (χ3v) is 8.30. The summed E-state index contributed by atoms with van der Waals surface area (Å²) in [5.41, 5.74) is 0.724. The maximum Gasteiger partial charge on any atom is 0.255 e. The number of carbonyl (C=O) groups excluding carboxylic acids is 3.